The van der Waals surface area contributed by atoms with Gasteiger partial charge in [-0.1, -0.05) is 12.1 Å². The van der Waals surface area contributed by atoms with Gasteiger partial charge in [0.05, 0.1) is 24.4 Å². The summed E-state index contributed by atoms with van der Waals surface area (Å²) in [7, 11) is 0. The number of furan rings is 1. The van der Waals surface area contributed by atoms with E-state index in [0.29, 0.717) is 17.9 Å². The molecule has 0 radical (unpaired) electrons. The Kier molecular flexibility index (Phi) is 7.62. The fourth-order valence-corrected chi connectivity index (χ4v) is 2.54. The summed E-state index contributed by atoms with van der Waals surface area (Å²) in [6, 6.07) is 7.83. The molecule has 1 aromatic carbocycles. The van der Waals surface area contributed by atoms with Gasteiger partial charge in [-0.25, -0.2) is 0 Å². The van der Waals surface area contributed by atoms with E-state index in [1.807, 2.05) is 6.92 Å². The molecular formula is C20H24N2O6. The van der Waals surface area contributed by atoms with Crippen molar-refractivity contribution in [3.05, 3.63) is 54.0 Å². The number of benzene rings is 1. The average Bonchev–Trinajstić information content (AvgIpc) is 3.21. The van der Waals surface area contributed by atoms with Gasteiger partial charge in [0, 0.05) is 6.54 Å². The second kappa shape index (κ2) is 10.1. The van der Waals surface area contributed by atoms with Crippen molar-refractivity contribution in [2.24, 2.45) is 5.92 Å². The molecule has 1 aromatic heterocycles. The predicted octanol–water partition coefficient (Wildman–Crippen LogP) is 1.86. The minimum Gasteiger partial charge on any atom is -0.494 e. The van der Waals surface area contributed by atoms with Crippen LogP contribution in [0.5, 0.6) is 5.75 Å². The molecule has 28 heavy (non-hydrogen) atoms. The summed E-state index contributed by atoms with van der Waals surface area (Å²) in [6.45, 7) is 3.91. The molecule has 0 spiro atoms. The number of rotatable bonds is 10. The number of nitrogens with one attached hydrogen (secondary N) is 2. The molecule has 0 bridgehead atoms. The molecule has 0 aliphatic heterocycles. The van der Waals surface area contributed by atoms with E-state index in [1.165, 1.54) is 25.5 Å². The number of carbonyl (C=O) groups is 3. The fraction of sp³-hybridized carbons (Fsp3) is 0.350. The molecule has 1 heterocycles. The van der Waals surface area contributed by atoms with Crippen LogP contribution < -0.4 is 15.4 Å². The third-order valence-corrected chi connectivity index (χ3v) is 4.11. The smallest absolute Gasteiger partial charge is 0.308 e. The molecule has 0 aliphatic rings. The van der Waals surface area contributed by atoms with Crippen LogP contribution in [-0.4, -0.2) is 42.1 Å². The van der Waals surface area contributed by atoms with Crippen LogP contribution in [0.15, 0.2) is 47.3 Å². The summed E-state index contributed by atoms with van der Waals surface area (Å²) in [4.78, 5) is 35.6. The first-order chi connectivity index (χ1) is 13.4. The molecule has 8 heteroatoms. The number of amides is 2. The van der Waals surface area contributed by atoms with Gasteiger partial charge in [0.2, 0.25) is 5.91 Å². The molecule has 0 fully saturated rings. The SMILES string of the molecule is CCOc1ccc(CC(CNC(=O)C(C)NC(=O)c2ccoc2)C(=O)O)cc1. The standard InChI is InChI=1S/C20H24N2O6/c1-3-28-17-6-4-14(5-7-17)10-16(20(25)26)11-21-18(23)13(2)22-19(24)15-8-9-27-12-15/h4-9,12-13,16H,3,10-11H2,1-2H3,(H,21,23)(H,22,24)(H,25,26). The monoisotopic (exact) mass is 388 g/mol. The maximum atomic E-state index is 12.2. The third-order valence-electron chi connectivity index (χ3n) is 4.11. The highest BCUT2D eigenvalue weighted by molar-refractivity contribution is 5.97. The molecule has 2 amide bonds. The number of ether oxygens (including phenoxy) is 1. The second-order valence-corrected chi connectivity index (χ2v) is 6.27. The zero-order chi connectivity index (χ0) is 20.5. The lowest BCUT2D eigenvalue weighted by molar-refractivity contribution is -0.141. The Morgan fingerprint density at radius 2 is 1.89 bits per heavy atom. The molecule has 8 nitrogen and oxygen atoms in total. The van der Waals surface area contributed by atoms with Crippen LogP contribution in [0.3, 0.4) is 0 Å². The van der Waals surface area contributed by atoms with Gasteiger partial charge in [-0.3, -0.25) is 14.4 Å². The van der Waals surface area contributed by atoms with E-state index < -0.39 is 29.7 Å². The van der Waals surface area contributed by atoms with Crippen molar-refractivity contribution in [3.63, 3.8) is 0 Å². The minimum atomic E-state index is -1.01. The molecular weight excluding hydrogens is 364 g/mol. The van der Waals surface area contributed by atoms with Crippen LogP contribution in [0.2, 0.25) is 0 Å². The second-order valence-electron chi connectivity index (χ2n) is 6.27. The van der Waals surface area contributed by atoms with Gasteiger partial charge < -0.3 is 24.9 Å². The van der Waals surface area contributed by atoms with Crippen LogP contribution in [-0.2, 0) is 16.0 Å². The van der Waals surface area contributed by atoms with Crippen molar-refractivity contribution in [1.29, 1.82) is 0 Å². The Bertz CT molecular complexity index is 786. The van der Waals surface area contributed by atoms with Crippen molar-refractivity contribution in [2.75, 3.05) is 13.2 Å². The number of aliphatic carboxylic acids is 1. The van der Waals surface area contributed by atoms with Crippen LogP contribution in [0.1, 0.15) is 29.8 Å². The van der Waals surface area contributed by atoms with Gasteiger partial charge >= 0.3 is 5.97 Å². The summed E-state index contributed by atoms with van der Waals surface area (Å²) in [6.07, 6.45) is 2.90. The molecule has 2 aromatic rings. The van der Waals surface area contributed by atoms with E-state index in [4.69, 9.17) is 9.15 Å². The van der Waals surface area contributed by atoms with Crippen molar-refractivity contribution >= 4 is 17.8 Å². The van der Waals surface area contributed by atoms with Gasteiger partial charge in [-0.15, -0.1) is 0 Å². The molecule has 150 valence electrons. The lowest BCUT2D eigenvalue weighted by atomic mass is 9.99. The van der Waals surface area contributed by atoms with Crippen molar-refractivity contribution < 1.29 is 28.6 Å². The normalized spacial score (nSPS) is 12.6. The molecule has 3 N–H and O–H groups in total. The van der Waals surface area contributed by atoms with E-state index in [1.54, 1.807) is 24.3 Å². The topological polar surface area (TPSA) is 118 Å². The first kappa shape index (κ1) is 21.0. The summed E-state index contributed by atoms with van der Waals surface area (Å²) < 4.78 is 10.2. The number of hydrogen-bond acceptors (Lipinski definition) is 5. The van der Waals surface area contributed by atoms with E-state index >= 15 is 0 Å². The number of carboxylic acids is 1. The largest absolute Gasteiger partial charge is 0.494 e. The predicted molar refractivity (Wildman–Crippen MR) is 101 cm³/mol. The number of carbonyl (C=O) groups excluding carboxylic acids is 2. The third kappa shape index (κ3) is 6.15. The maximum Gasteiger partial charge on any atom is 0.308 e. The zero-order valence-electron chi connectivity index (χ0n) is 15.8. The number of carboxylic acid groups (broad SMARTS) is 1. The van der Waals surface area contributed by atoms with E-state index in [-0.39, 0.29) is 13.0 Å². The molecule has 0 aliphatic carbocycles. The van der Waals surface area contributed by atoms with Gasteiger partial charge in [-0.05, 0) is 44.0 Å². The first-order valence-corrected chi connectivity index (χ1v) is 8.96. The molecule has 2 unspecified atom stereocenters. The average molecular weight is 388 g/mol. The van der Waals surface area contributed by atoms with Gasteiger partial charge in [-0.2, -0.15) is 0 Å². The van der Waals surface area contributed by atoms with Crippen molar-refractivity contribution in [1.82, 2.24) is 10.6 Å². The van der Waals surface area contributed by atoms with Crippen LogP contribution in [0.4, 0.5) is 0 Å². The lowest BCUT2D eigenvalue weighted by Crippen LogP contribution is -2.46. The first-order valence-electron chi connectivity index (χ1n) is 8.96. The Hall–Kier alpha value is -3.29. The lowest BCUT2D eigenvalue weighted by Gasteiger charge is -2.17. The van der Waals surface area contributed by atoms with E-state index in [2.05, 4.69) is 10.6 Å². The Morgan fingerprint density at radius 3 is 2.46 bits per heavy atom. The van der Waals surface area contributed by atoms with E-state index in [0.717, 1.165) is 5.56 Å². The summed E-state index contributed by atoms with van der Waals surface area (Å²) >= 11 is 0. The summed E-state index contributed by atoms with van der Waals surface area (Å²) in [5, 5.41) is 14.6. The van der Waals surface area contributed by atoms with Crippen molar-refractivity contribution in [2.45, 2.75) is 26.3 Å². The highest BCUT2D eigenvalue weighted by Crippen LogP contribution is 2.15. The maximum absolute atomic E-state index is 12.2. The van der Waals surface area contributed by atoms with Gasteiger partial charge in [0.15, 0.2) is 0 Å². The van der Waals surface area contributed by atoms with E-state index in [9.17, 15) is 19.5 Å². The molecule has 0 saturated heterocycles. The fourth-order valence-electron chi connectivity index (χ4n) is 2.54. The van der Waals surface area contributed by atoms with Gasteiger partial charge in [0.1, 0.15) is 18.1 Å². The molecule has 2 rings (SSSR count). The Morgan fingerprint density at radius 1 is 1.18 bits per heavy atom. The quantitative estimate of drug-likeness (QED) is 0.572. The van der Waals surface area contributed by atoms with Crippen molar-refractivity contribution in [3.8, 4) is 5.75 Å². The van der Waals surface area contributed by atoms with Crippen LogP contribution in [0, 0.1) is 5.92 Å². The molecule has 0 saturated carbocycles. The molecule has 2 atom stereocenters. The summed E-state index contributed by atoms with van der Waals surface area (Å²) in [5.74, 6) is -1.99. The Balaban J connectivity index is 1.86. The minimum absolute atomic E-state index is 0.0483. The van der Waals surface area contributed by atoms with Crippen LogP contribution >= 0.6 is 0 Å². The summed E-state index contributed by atoms with van der Waals surface area (Å²) in [5.41, 5.74) is 1.13. The zero-order valence-corrected chi connectivity index (χ0v) is 15.8. The van der Waals surface area contributed by atoms with Crippen LogP contribution in [0.25, 0.3) is 0 Å². The Labute approximate surface area is 162 Å². The number of hydrogen-bond donors (Lipinski definition) is 3. The van der Waals surface area contributed by atoms with Gasteiger partial charge in [0.25, 0.3) is 5.91 Å². The highest BCUT2D eigenvalue weighted by atomic mass is 16.5. The highest BCUT2D eigenvalue weighted by Gasteiger charge is 2.22.